The van der Waals surface area contributed by atoms with Gasteiger partial charge in [-0.3, -0.25) is 4.79 Å². The van der Waals surface area contributed by atoms with E-state index in [9.17, 15) is 4.79 Å². The quantitative estimate of drug-likeness (QED) is 0.469. The first-order valence-corrected chi connectivity index (χ1v) is 7.25. The van der Waals surface area contributed by atoms with Gasteiger partial charge in [-0.2, -0.15) is 0 Å². The van der Waals surface area contributed by atoms with Crippen molar-refractivity contribution in [2.45, 2.75) is 50.3 Å². The number of hydrogen-bond donors (Lipinski definition) is 0. The SMILES string of the molecule is O=C1C=C2CCCC[C@@H]2C2=CC[C@H](Cl)C[C@@H]1C2. The molecule has 0 amide bonds. The second-order valence-electron chi connectivity index (χ2n) is 5.67. The molecule has 0 saturated heterocycles. The lowest BCUT2D eigenvalue weighted by Gasteiger charge is -2.26. The van der Waals surface area contributed by atoms with E-state index in [0.29, 0.717) is 11.7 Å². The summed E-state index contributed by atoms with van der Waals surface area (Å²) >= 11 is 6.26. The first-order valence-electron chi connectivity index (χ1n) is 6.81. The molecular formula is C15H19ClO. The Morgan fingerprint density at radius 1 is 1.24 bits per heavy atom. The number of fused-ring (bicyclic) bond motifs is 4. The molecule has 3 aliphatic carbocycles. The minimum Gasteiger partial charge on any atom is -0.295 e. The average Bonchev–Trinajstić information content (AvgIpc) is 2.58. The van der Waals surface area contributed by atoms with Gasteiger partial charge in [-0.15, -0.1) is 11.6 Å². The Hall–Kier alpha value is -0.560. The lowest BCUT2D eigenvalue weighted by atomic mass is 9.79. The number of allylic oxidation sites excluding steroid dienone is 4. The van der Waals surface area contributed by atoms with Crippen molar-refractivity contribution in [3.05, 3.63) is 23.3 Å². The molecule has 1 nitrogen and oxygen atoms in total. The van der Waals surface area contributed by atoms with Crippen molar-refractivity contribution in [1.29, 1.82) is 0 Å². The Labute approximate surface area is 108 Å². The zero-order valence-electron chi connectivity index (χ0n) is 10.1. The van der Waals surface area contributed by atoms with Crippen LogP contribution in [0.4, 0.5) is 0 Å². The fourth-order valence-corrected chi connectivity index (χ4v) is 3.87. The van der Waals surface area contributed by atoms with Gasteiger partial charge in [0.15, 0.2) is 5.78 Å². The standard InChI is InChI=1S/C15H19ClO/c16-13-6-5-11-7-12(8-13)15(17)9-10-3-1-2-4-14(10)11/h5,9,12-14H,1-4,6-8H2/t12-,13-,14-/m0/s1. The second kappa shape index (κ2) is 4.61. The van der Waals surface area contributed by atoms with Crippen LogP contribution in [0.1, 0.15) is 44.9 Å². The van der Waals surface area contributed by atoms with Gasteiger partial charge in [0, 0.05) is 17.2 Å². The van der Waals surface area contributed by atoms with Crippen molar-refractivity contribution in [3.8, 4) is 0 Å². The second-order valence-corrected chi connectivity index (χ2v) is 6.29. The van der Waals surface area contributed by atoms with Gasteiger partial charge in [0.05, 0.1) is 0 Å². The Kier molecular flexibility index (Phi) is 3.12. The van der Waals surface area contributed by atoms with Crippen LogP contribution >= 0.6 is 11.6 Å². The van der Waals surface area contributed by atoms with Crippen molar-refractivity contribution in [1.82, 2.24) is 0 Å². The fraction of sp³-hybridized carbons (Fsp3) is 0.667. The molecule has 0 aromatic rings. The highest BCUT2D eigenvalue weighted by molar-refractivity contribution is 6.20. The summed E-state index contributed by atoms with van der Waals surface area (Å²) in [4.78, 5) is 12.2. The third kappa shape index (κ3) is 2.22. The molecule has 1 fully saturated rings. The summed E-state index contributed by atoms with van der Waals surface area (Å²) in [6, 6.07) is 0. The number of rotatable bonds is 0. The predicted octanol–water partition coefficient (Wildman–Crippen LogP) is 4.02. The molecule has 1 saturated carbocycles. The van der Waals surface area contributed by atoms with Crippen LogP contribution in [-0.2, 0) is 4.79 Å². The van der Waals surface area contributed by atoms with E-state index in [4.69, 9.17) is 11.6 Å². The minimum atomic E-state index is 0.153. The summed E-state index contributed by atoms with van der Waals surface area (Å²) in [5.41, 5.74) is 2.91. The zero-order valence-corrected chi connectivity index (χ0v) is 10.9. The summed E-state index contributed by atoms with van der Waals surface area (Å²) in [6.45, 7) is 0. The molecule has 0 heterocycles. The Bertz CT molecular complexity index is 394. The third-order valence-electron chi connectivity index (χ3n) is 4.49. The maximum absolute atomic E-state index is 12.2. The van der Waals surface area contributed by atoms with E-state index in [-0.39, 0.29) is 11.3 Å². The molecule has 2 bridgehead atoms. The summed E-state index contributed by atoms with van der Waals surface area (Å²) in [7, 11) is 0. The smallest absolute Gasteiger partial charge is 0.159 e. The molecule has 0 radical (unpaired) electrons. The molecule has 0 N–H and O–H groups in total. The van der Waals surface area contributed by atoms with Gasteiger partial charge in [-0.05, 0) is 44.6 Å². The molecule has 0 unspecified atom stereocenters. The van der Waals surface area contributed by atoms with E-state index in [0.717, 1.165) is 25.7 Å². The highest BCUT2D eigenvalue weighted by atomic mass is 35.5. The molecule has 3 aliphatic rings. The number of halogens is 1. The van der Waals surface area contributed by atoms with Crippen LogP contribution in [0.25, 0.3) is 0 Å². The van der Waals surface area contributed by atoms with E-state index in [2.05, 4.69) is 6.08 Å². The number of carbonyl (C=O) groups excluding carboxylic acids is 1. The van der Waals surface area contributed by atoms with Crippen LogP contribution in [0.2, 0.25) is 0 Å². The highest BCUT2D eigenvalue weighted by Crippen LogP contribution is 2.42. The zero-order chi connectivity index (χ0) is 11.8. The van der Waals surface area contributed by atoms with Gasteiger partial charge in [0.2, 0.25) is 0 Å². The van der Waals surface area contributed by atoms with Gasteiger partial charge in [0.25, 0.3) is 0 Å². The molecule has 0 aromatic heterocycles. The average molecular weight is 251 g/mol. The monoisotopic (exact) mass is 250 g/mol. The lowest BCUT2D eigenvalue weighted by Crippen LogP contribution is -2.14. The highest BCUT2D eigenvalue weighted by Gasteiger charge is 2.33. The largest absolute Gasteiger partial charge is 0.295 e. The molecule has 17 heavy (non-hydrogen) atoms. The molecular weight excluding hydrogens is 232 g/mol. The number of carbonyl (C=O) groups is 1. The Morgan fingerprint density at radius 2 is 2.12 bits per heavy atom. The topological polar surface area (TPSA) is 17.1 Å². The van der Waals surface area contributed by atoms with Gasteiger partial charge in [-0.25, -0.2) is 0 Å². The maximum atomic E-state index is 12.2. The molecule has 0 aromatic carbocycles. The van der Waals surface area contributed by atoms with E-state index >= 15 is 0 Å². The summed E-state index contributed by atoms with van der Waals surface area (Å²) in [6.07, 6.45) is 12.0. The molecule has 2 heteroatoms. The van der Waals surface area contributed by atoms with Gasteiger partial charge >= 0.3 is 0 Å². The Balaban J connectivity index is 1.98. The number of alkyl halides is 1. The molecule has 0 aliphatic heterocycles. The van der Waals surface area contributed by atoms with Crippen molar-refractivity contribution in [2.75, 3.05) is 0 Å². The number of hydrogen-bond acceptors (Lipinski definition) is 1. The van der Waals surface area contributed by atoms with Gasteiger partial charge < -0.3 is 0 Å². The molecule has 3 rings (SSSR count). The van der Waals surface area contributed by atoms with Crippen LogP contribution in [0, 0.1) is 11.8 Å². The maximum Gasteiger partial charge on any atom is 0.159 e. The predicted molar refractivity (Wildman–Crippen MR) is 70.1 cm³/mol. The summed E-state index contributed by atoms with van der Waals surface area (Å²) in [5.74, 6) is 1.06. The van der Waals surface area contributed by atoms with E-state index < -0.39 is 0 Å². The molecule has 0 spiro atoms. The first-order chi connectivity index (χ1) is 8.24. The summed E-state index contributed by atoms with van der Waals surface area (Å²) < 4.78 is 0. The molecule has 92 valence electrons. The summed E-state index contributed by atoms with van der Waals surface area (Å²) in [5, 5.41) is 0.153. The third-order valence-corrected chi connectivity index (χ3v) is 4.85. The van der Waals surface area contributed by atoms with Crippen molar-refractivity contribution in [2.24, 2.45) is 11.8 Å². The van der Waals surface area contributed by atoms with E-state index in [1.54, 1.807) is 0 Å². The molecule has 3 atom stereocenters. The fourth-order valence-electron chi connectivity index (χ4n) is 3.57. The van der Waals surface area contributed by atoms with E-state index in [1.165, 1.54) is 30.4 Å². The Morgan fingerprint density at radius 3 is 3.00 bits per heavy atom. The van der Waals surface area contributed by atoms with Gasteiger partial charge in [0.1, 0.15) is 0 Å². The van der Waals surface area contributed by atoms with Crippen molar-refractivity contribution < 1.29 is 4.79 Å². The van der Waals surface area contributed by atoms with E-state index in [1.807, 2.05) is 6.08 Å². The first kappa shape index (κ1) is 11.5. The number of ketones is 1. The lowest BCUT2D eigenvalue weighted by molar-refractivity contribution is -0.118. The minimum absolute atomic E-state index is 0.153. The normalized spacial score (nSPS) is 37.5. The van der Waals surface area contributed by atoms with Crippen LogP contribution in [0.3, 0.4) is 0 Å². The van der Waals surface area contributed by atoms with Gasteiger partial charge in [-0.1, -0.05) is 23.6 Å². The van der Waals surface area contributed by atoms with Crippen LogP contribution in [0.5, 0.6) is 0 Å². The van der Waals surface area contributed by atoms with Crippen LogP contribution in [0.15, 0.2) is 23.3 Å². The van der Waals surface area contributed by atoms with Crippen LogP contribution in [-0.4, -0.2) is 11.2 Å². The van der Waals surface area contributed by atoms with Crippen molar-refractivity contribution in [3.63, 3.8) is 0 Å². The van der Waals surface area contributed by atoms with Crippen molar-refractivity contribution >= 4 is 17.4 Å². The van der Waals surface area contributed by atoms with Crippen LogP contribution < -0.4 is 0 Å².